The molecule has 10 heteroatoms. The maximum Gasteiger partial charge on any atom is 0.264 e. The number of amides is 2. The van der Waals surface area contributed by atoms with Crippen LogP contribution in [0.4, 0.5) is 5.69 Å². The van der Waals surface area contributed by atoms with Crippen molar-refractivity contribution < 1.29 is 22.7 Å². The average molecular weight is 688 g/mol. The number of hydrogen-bond donors (Lipinski definition) is 1. The van der Waals surface area contributed by atoms with Gasteiger partial charge in [-0.15, -0.1) is 0 Å². The van der Waals surface area contributed by atoms with Crippen LogP contribution in [0.1, 0.15) is 49.3 Å². The quantitative estimate of drug-likeness (QED) is 0.155. The molecule has 0 radical (unpaired) electrons. The molecule has 8 nitrogen and oxygen atoms in total. The Morgan fingerprint density at radius 2 is 1.52 bits per heavy atom. The summed E-state index contributed by atoms with van der Waals surface area (Å²) in [4.78, 5) is 30.3. The number of carbonyl (C=O) groups is 2. The van der Waals surface area contributed by atoms with Gasteiger partial charge in [-0.1, -0.05) is 84.6 Å². The van der Waals surface area contributed by atoms with Crippen molar-refractivity contribution in [2.75, 3.05) is 17.5 Å². The van der Waals surface area contributed by atoms with Crippen LogP contribution in [-0.2, 0) is 32.6 Å². The van der Waals surface area contributed by atoms with Crippen LogP contribution in [0.25, 0.3) is 0 Å². The van der Waals surface area contributed by atoms with E-state index in [4.69, 9.17) is 16.3 Å². The normalized spacial score (nSPS) is 13.9. The molecule has 0 spiro atoms. The summed E-state index contributed by atoms with van der Waals surface area (Å²) in [5.74, 6) is -0.229. The lowest BCUT2D eigenvalue weighted by Gasteiger charge is -2.34. The van der Waals surface area contributed by atoms with Gasteiger partial charge in [0.1, 0.15) is 18.3 Å². The number of halogens is 1. The summed E-state index contributed by atoms with van der Waals surface area (Å²) >= 11 is 6.18. The molecule has 0 bridgehead atoms. The zero-order valence-electron chi connectivity index (χ0n) is 27.3. The Morgan fingerprint density at radius 1 is 0.875 bits per heavy atom. The number of benzene rings is 4. The highest BCUT2D eigenvalue weighted by Crippen LogP contribution is 2.27. The van der Waals surface area contributed by atoms with Crippen molar-refractivity contribution in [3.05, 3.63) is 125 Å². The molecular formula is C38H42ClN3O5S. The van der Waals surface area contributed by atoms with Gasteiger partial charge in [0.05, 0.1) is 17.2 Å². The highest BCUT2D eigenvalue weighted by atomic mass is 35.5. The van der Waals surface area contributed by atoms with E-state index in [-0.39, 0.29) is 29.8 Å². The van der Waals surface area contributed by atoms with Gasteiger partial charge in [-0.2, -0.15) is 0 Å². The van der Waals surface area contributed by atoms with Crippen LogP contribution in [0.15, 0.2) is 108 Å². The predicted octanol–water partition coefficient (Wildman–Crippen LogP) is 6.94. The molecule has 1 aliphatic carbocycles. The van der Waals surface area contributed by atoms with Gasteiger partial charge in [-0.25, -0.2) is 8.42 Å². The molecule has 1 atom stereocenters. The van der Waals surface area contributed by atoms with Crippen molar-refractivity contribution in [3.63, 3.8) is 0 Å². The maximum absolute atomic E-state index is 14.6. The number of hydrogen-bond acceptors (Lipinski definition) is 5. The Kier molecular flexibility index (Phi) is 11.8. The first-order chi connectivity index (χ1) is 23.1. The largest absolute Gasteiger partial charge is 0.494 e. The Labute approximate surface area is 288 Å². The van der Waals surface area contributed by atoms with Gasteiger partial charge in [0, 0.05) is 24.0 Å². The molecule has 0 heterocycles. The predicted molar refractivity (Wildman–Crippen MR) is 190 cm³/mol. The second-order valence-electron chi connectivity index (χ2n) is 12.1. The molecule has 4 aromatic rings. The van der Waals surface area contributed by atoms with Crippen LogP contribution in [0, 0.1) is 6.92 Å². The van der Waals surface area contributed by atoms with Gasteiger partial charge in [0.15, 0.2) is 0 Å². The maximum atomic E-state index is 14.6. The van der Waals surface area contributed by atoms with E-state index >= 15 is 0 Å². The zero-order valence-corrected chi connectivity index (χ0v) is 28.9. The van der Waals surface area contributed by atoms with E-state index in [2.05, 4.69) is 5.32 Å². The van der Waals surface area contributed by atoms with E-state index in [1.54, 1.807) is 48.5 Å². The van der Waals surface area contributed by atoms with Crippen LogP contribution < -0.4 is 14.4 Å². The molecular weight excluding hydrogens is 646 g/mol. The molecule has 0 unspecified atom stereocenters. The fourth-order valence-electron chi connectivity index (χ4n) is 5.95. The molecule has 1 N–H and O–H groups in total. The summed E-state index contributed by atoms with van der Waals surface area (Å²) < 4.78 is 35.2. The Hall–Kier alpha value is -4.34. The van der Waals surface area contributed by atoms with E-state index in [1.165, 1.54) is 17.0 Å². The number of rotatable bonds is 14. The van der Waals surface area contributed by atoms with Crippen molar-refractivity contribution in [3.8, 4) is 5.75 Å². The molecule has 4 aromatic carbocycles. The topological polar surface area (TPSA) is 96.0 Å². The average Bonchev–Trinajstić information content (AvgIpc) is 3.60. The fraction of sp³-hybridized carbons (Fsp3) is 0.316. The number of carbonyl (C=O) groups excluding carboxylic acids is 2. The number of nitrogens with zero attached hydrogens (tertiary/aromatic N) is 2. The summed E-state index contributed by atoms with van der Waals surface area (Å²) in [6.45, 7) is 3.76. The number of sulfonamides is 1. The minimum atomic E-state index is -4.22. The number of ether oxygens (including phenoxy) is 1. The first-order valence-electron chi connectivity index (χ1n) is 16.3. The smallest absolute Gasteiger partial charge is 0.264 e. The Morgan fingerprint density at radius 3 is 2.15 bits per heavy atom. The van der Waals surface area contributed by atoms with E-state index in [0.717, 1.165) is 46.7 Å². The lowest BCUT2D eigenvalue weighted by molar-refractivity contribution is -0.140. The minimum Gasteiger partial charge on any atom is -0.494 e. The molecule has 5 rings (SSSR count). The molecule has 0 aromatic heterocycles. The van der Waals surface area contributed by atoms with Crippen molar-refractivity contribution in [2.24, 2.45) is 0 Å². The first-order valence-corrected chi connectivity index (χ1v) is 18.2. The highest BCUT2D eigenvalue weighted by Gasteiger charge is 2.35. The summed E-state index contributed by atoms with van der Waals surface area (Å²) in [6.07, 6.45) is 4.11. The van der Waals surface area contributed by atoms with E-state index in [9.17, 15) is 18.0 Å². The lowest BCUT2D eigenvalue weighted by atomic mass is 10.0. The summed E-state index contributed by atoms with van der Waals surface area (Å²) in [6, 6.07) is 28.9. The van der Waals surface area contributed by atoms with Crippen molar-refractivity contribution >= 4 is 39.1 Å². The van der Waals surface area contributed by atoms with Crippen LogP contribution >= 0.6 is 11.6 Å². The van der Waals surface area contributed by atoms with Gasteiger partial charge in [-0.3, -0.25) is 13.9 Å². The van der Waals surface area contributed by atoms with Gasteiger partial charge in [0.2, 0.25) is 11.8 Å². The summed E-state index contributed by atoms with van der Waals surface area (Å²) in [7, 11) is -4.22. The van der Waals surface area contributed by atoms with E-state index in [1.807, 2.05) is 56.3 Å². The highest BCUT2D eigenvalue weighted by molar-refractivity contribution is 7.92. The van der Waals surface area contributed by atoms with E-state index < -0.39 is 28.5 Å². The molecule has 0 saturated heterocycles. The Bertz CT molecular complexity index is 1760. The van der Waals surface area contributed by atoms with Crippen LogP contribution in [-0.4, -0.2) is 50.4 Å². The van der Waals surface area contributed by atoms with Crippen molar-refractivity contribution in [2.45, 2.75) is 69.5 Å². The third kappa shape index (κ3) is 8.96. The molecule has 1 fully saturated rings. The van der Waals surface area contributed by atoms with Crippen LogP contribution in [0.5, 0.6) is 5.75 Å². The van der Waals surface area contributed by atoms with Gasteiger partial charge < -0.3 is 15.0 Å². The minimum absolute atomic E-state index is 0.0170. The van der Waals surface area contributed by atoms with Gasteiger partial charge in [-0.05, 0) is 86.3 Å². The van der Waals surface area contributed by atoms with Gasteiger partial charge >= 0.3 is 0 Å². The zero-order chi connectivity index (χ0) is 34.1. The van der Waals surface area contributed by atoms with Gasteiger partial charge in [0.25, 0.3) is 10.0 Å². The molecule has 252 valence electrons. The lowest BCUT2D eigenvalue weighted by Crippen LogP contribution is -2.54. The summed E-state index contributed by atoms with van der Waals surface area (Å²) in [5, 5.41) is 3.74. The Balaban J connectivity index is 1.55. The summed E-state index contributed by atoms with van der Waals surface area (Å²) in [5.41, 5.74) is 2.93. The third-order valence-corrected chi connectivity index (χ3v) is 10.6. The fourth-order valence-corrected chi connectivity index (χ4v) is 7.49. The SMILES string of the molecule is CCOc1ccc(S(=O)(=O)N(CC(=O)N(Cc2ccc(Cl)cc2)[C@@H](Cc2ccccc2)C(=O)NC2CCCC2)c2ccc(C)cc2)cc1. The monoisotopic (exact) mass is 687 g/mol. The number of nitrogens with one attached hydrogen (secondary N) is 1. The molecule has 1 saturated carbocycles. The molecule has 1 aliphatic rings. The molecule has 0 aliphatic heterocycles. The van der Waals surface area contributed by atoms with Crippen LogP contribution in [0.3, 0.4) is 0 Å². The first kappa shape index (κ1) is 35.0. The van der Waals surface area contributed by atoms with Crippen molar-refractivity contribution in [1.82, 2.24) is 10.2 Å². The second-order valence-corrected chi connectivity index (χ2v) is 14.4. The number of anilines is 1. The standard InChI is InChI=1S/C38H42ClN3O5S/c1-3-47-34-21-23-35(24-22-34)48(45,46)42(33-19-13-28(2)14-20-33)27-37(43)41(26-30-15-17-31(39)18-16-30)36(25-29-9-5-4-6-10-29)38(44)40-32-11-7-8-12-32/h4-6,9-10,13-24,32,36H,3,7-8,11-12,25-27H2,1-2H3,(H,40,44)/t36-/m0/s1. The second kappa shape index (κ2) is 16.2. The van der Waals surface area contributed by atoms with Crippen LogP contribution in [0.2, 0.25) is 5.02 Å². The number of aryl methyl sites for hydroxylation is 1. The molecule has 48 heavy (non-hydrogen) atoms. The third-order valence-electron chi connectivity index (χ3n) is 8.56. The van der Waals surface area contributed by atoms with Crippen molar-refractivity contribution in [1.29, 1.82) is 0 Å². The van der Waals surface area contributed by atoms with E-state index in [0.29, 0.717) is 23.1 Å². The molecule has 2 amide bonds.